The van der Waals surface area contributed by atoms with E-state index in [-0.39, 0.29) is 11.6 Å². The van der Waals surface area contributed by atoms with Crippen LogP contribution >= 0.6 is 0 Å². The Hall–Kier alpha value is -1.43. The number of aliphatic hydroxyl groups is 1. The Bertz CT molecular complexity index is 451. The minimum Gasteiger partial charge on any atom is -0.388 e. The Morgan fingerprint density at radius 3 is 2.78 bits per heavy atom. The summed E-state index contributed by atoms with van der Waals surface area (Å²) in [6.45, 7) is 2.61. The number of nitrogens with zero attached hydrogens (tertiary/aromatic N) is 2. The summed E-state index contributed by atoms with van der Waals surface area (Å²) in [5, 5.41) is 12.6. The fourth-order valence-electron chi connectivity index (χ4n) is 2.25. The quantitative estimate of drug-likeness (QED) is 0.847. The largest absolute Gasteiger partial charge is 0.388 e. The molecule has 1 fully saturated rings. The van der Waals surface area contributed by atoms with Crippen LogP contribution in [0.2, 0.25) is 0 Å². The van der Waals surface area contributed by atoms with E-state index in [4.69, 9.17) is 0 Å². The van der Waals surface area contributed by atoms with Crippen molar-refractivity contribution in [3.05, 3.63) is 17.7 Å². The molecule has 1 unspecified atom stereocenters. The van der Waals surface area contributed by atoms with E-state index in [1.54, 1.807) is 11.8 Å². The maximum absolute atomic E-state index is 13.7. The maximum atomic E-state index is 13.7. The predicted molar refractivity (Wildman–Crippen MR) is 65.8 cm³/mol. The van der Waals surface area contributed by atoms with Crippen LogP contribution in [-0.2, 0) is 0 Å². The van der Waals surface area contributed by atoms with E-state index in [9.17, 15) is 13.9 Å². The van der Waals surface area contributed by atoms with Gasteiger partial charge >= 0.3 is 0 Å². The maximum Gasteiger partial charge on any atom is 0.168 e. The average Bonchev–Trinajstić information content (AvgIpc) is 2.27. The Balaban J connectivity index is 2.32. The van der Waals surface area contributed by atoms with Gasteiger partial charge in [0.25, 0.3) is 0 Å². The molecule has 1 aromatic rings. The van der Waals surface area contributed by atoms with E-state index in [2.05, 4.69) is 10.3 Å². The number of pyridine rings is 1. The summed E-state index contributed by atoms with van der Waals surface area (Å²) in [7, 11) is 1.53. The SMILES string of the molecule is CNc1nc(N2CCCC(C)(O)C2)c(F)cc1F. The Morgan fingerprint density at radius 1 is 1.44 bits per heavy atom. The van der Waals surface area contributed by atoms with Crippen LogP contribution in [0, 0.1) is 11.6 Å². The van der Waals surface area contributed by atoms with Gasteiger partial charge in [-0.1, -0.05) is 0 Å². The molecule has 0 bridgehead atoms. The van der Waals surface area contributed by atoms with Crippen molar-refractivity contribution in [1.82, 2.24) is 4.98 Å². The minimum absolute atomic E-state index is 0.0108. The van der Waals surface area contributed by atoms with Crippen LogP contribution in [0.15, 0.2) is 6.07 Å². The average molecular weight is 257 g/mol. The van der Waals surface area contributed by atoms with Gasteiger partial charge in [-0.05, 0) is 19.8 Å². The molecule has 18 heavy (non-hydrogen) atoms. The number of halogens is 2. The zero-order valence-corrected chi connectivity index (χ0v) is 10.5. The molecule has 1 saturated heterocycles. The molecule has 2 heterocycles. The highest BCUT2D eigenvalue weighted by atomic mass is 19.1. The van der Waals surface area contributed by atoms with Gasteiger partial charge in [0.05, 0.1) is 5.60 Å². The first-order chi connectivity index (χ1) is 8.43. The third-order valence-electron chi connectivity index (χ3n) is 3.12. The summed E-state index contributed by atoms with van der Waals surface area (Å²) >= 11 is 0. The summed E-state index contributed by atoms with van der Waals surface area (Å²) in [5.74, 6) is -1.33. The predicted octanol–water partition coefficient (Wildman–Crippen LogP) is 1.75. The molecule has 100 valence electrons. The molecule has 1 aliphatic rings. The normalized spacial score (nSPS) is 24.2. The van der Waals surface area contributed by atoms with Crippen LogP contribution < -0.4 is 10.2 Å². The number of hydrogen-bond acceptors (Lipinski definition) is 4. The molecule has 0 aliphatic carbocycles. The Kier molecular flexibility index (Phi) is 3.38. The molecule has 6 heteroatoms. The van der Waals surface area contributed by atoms with Gasteiger partial charge in [0, 0.05) is 26.2 Å². The zero-order valence-electron chi connectivity index (χ0n) is 10.5. The zero-order chi connectivity index (χ0) is 13.3. The second-order valence-electron chi connectivity index (χ2n) is 4.90. The molecule has 1 aliphatic heterocycles. The molecule has 0 spiro atoms. The van der Waals surface area contributed by atoms with E-state index in [1.807, 2.05) is 0 Å². The van der Waals surface area contributed by atoms with Crippen LogP contribution in [0.25, 0.3) is 0 Å². The van der Waals surface area contributed by atoms with Crippen LogP contribution in [0.4, 0.5) is 20.4 Å². The fourth-order valence-corrected chi connectivity index (χ4v) is 2.25. The second kappa shape index (κ2) is 4.68. The topological polar surface area (TPSA) is 48.4 Å². The molecule has 0 saturated carbocycles. The summed E-state index contributed by atoms with van der Waals surface area (Å²) in [6, 6.07) is 0.817. The lowest BCUT2D eigenvalue weighted by atomic mass is 9.95. The molecule has 1 atom stereocenters. The van der Waals surface area contributed by atoms with Gasteiger partial charge in [-0.25, -0.2) is 13.8 Å². The molecule has 1 aromatic heterocycles. The van der Waals surface area contributed by atoms with E-state index >= 15 is 0 Å². The van der Waals surface area contributed by atoms with Crippen LogP contribution in [0.1, 0.15) is 19.8 Å². The summed E-state index contributed by atoms with van der Waals surface area (Å²) in [4.78, 5) is 5.59. The number of nitrogens with one attached hydrogen (secondary N) is 1. The fraction of sp³-hybridized carbons (Fsp3) is 0.583. The molecule has 4 nitrogen and oxygen atoms in total. The number of anilines is 2. The number of hydrogen-bond donors (Lipinski definition) is 2. The number of piperidine rings is 1. The summed E-state index contributed by atoms with van der Waals surface area (Å²) < 4.78 is 27.1. The van der Waals surface area contributed by atoms with Gasteiger partial charge in [-0.15, -0.1) is 0 Å². The monoisotopic (exact) mass is 257 g/mol. The van der Waals surface area contributed by atoms with Crippen molar-refractivity contribution in [2.45, 2.75) is 25.4 Å². The standard InChI is InChI=1S/C12H17F2N3O/c1-12(18)4-3-5-17(7-12)11-9(14)6-8(13)10(15-2)16-11/h6,18H,3-5,7H2,1-2H3,(H,15,16). The number of β-amino-alcohol motifs (C(OH)–C–C–N with tert-alkyl or cyclic N) is 1. The van der Waals surface area contributed by atoms with Crippen molar-refractivity contribution in [3.63, 3.8) is 0 Å². The third kappa shape index (κ3) is 2.53. The number of aromatic nitrogens is 1. The molecular weight excluding hydrogens is 240 g/mol. The van der Waals surface area contributed by atoms with Gasteiger partial charge in [0.1, 0.15) is 0 Å². The van der Waals surface area contributed by atoms with Crippen LogP contribution in [0.5, 0.6) is 0 Å². The lowest BCUT2D eigenvalue weighted by Gasteiger charge is -2.37. The van der Waals surface area contributed by atoms with Crippen LogP contribution in [-0.4, -0.2) is 35.8 Å². The molecule has 2 N–H and O–H groups in total. The molecule has 2 rings (SSSR count). The van der Waals surface area contributed by atoms with Crippen molar-refractivity contribution in [2.75, 3.05) is 30.4 Å². The van der Waals surface area contributed by atoms with E-state index in [1.165, 1.54) is 7.05 Å². The molecule has 0 radical (unpaired) electrons. The highest BCUT2D eigenvalue weighted by Gasteiger charge is 2.30. The first kappa shape index (κ1) is 13.0. The van der Waals surface area contributed by atoms with E-state index in [0.29, 0.717) is 19.5 Å². The highest BCUT2D eigenvalue weighted by Crippen LogP contribution is 2.28. The molecule has 0 amide bonds. The molecular formula is C12H17F2N3O. The third-order valence-corrected chi connectivity index (χ3v) is 3.12. The van der Waals surface area contributed by atoms with E-state index in [0.717, 1.165) is 12.5 Å². The Morgan fingerprint density at radius 2 is 2.17 bits per heavy atom. The first-order valence-electron chi connectivity index (χ1n) is 5.94. The smallest absolute Gasteiger partial charge is 0.168 e. The van der Waals surface area contributed by atoms with Gasteiger partial charge in [0.2, 0.25) is 0 Å². The van der Waals surface area contributed by atoms with Gasteiger partial charge in [-0.3, -0.25) is 0 Å². The van der Waals surface area contributed by atoms with Gasteiger partial charge in [-0.2, -0.15) is 0 Å². The lowest BCUT2D eigenvalue weighted by Crippen LogP contribution is -2.46. The summed E-state index contributed by atoms with van der Waals surface area (Å²) in [6.07, 6.45) is 1.42. The molecule has 0 aromatic carbocycles. The Labute approximate surface area is 105 Å². The minimum atomic E-state index is -0.861. The number of rotatable bonds is 2. The van der Waals surface area contributed by atoms with Crippen molar-refractivity contribution < 1.29 is 13.9 Å². The van der Waals surface area contributed by atoms with Crippen molar-refractivity contribution in [2.24, 2.45) is 0 Å². The van der Waals surface area contributed by atoms with Crippen molar-refractivity contribution in [1.29, 1.82) is 0 Å². The highest BCUT2D eigenvalue weighted by molar-refractivity contribution is 5.49. The summed E-state index contributed by atoms with van der Waals surface area (Å²) in [5.41, 5.74) is -0.861. The van der Waals surface area contributed by atoms with E-state index < -0.39 is 17.2 Å². The van der Waals surface area contributed by atoms with Crippen molar-refractivity contribution in [3.8, 4) is 0 Å². The van der Waals surface area contributed by atoms with Gasteiger partial charge < -0.3 is 15.3 Å². The van der Waals surface area contributed by atoms with Gasteiger partial charge in [0.15, 0.2) is 23.3 Å². The second-order valence-corrected chi connectivity index (χ2v) is 4.90. The van der Waals surface area contributed by atoms with Crippen molar-refractivity contribution >= 4 is 11.6 Å². The lowest BCUT2D eigenvalue weighted by molar-refractivity contribution is 0.0445. The first-order valence-corrected chi connectivity index (χ1v) is 5.94. The van der Waals surface area contributed by atoms with Crippen LogP contribution in [0.3, 0.4) is 0 Å².